The molecule has 1 fully saturated rings. The molecule has 0 aliphatic carbocycles. The Bertz CT molecular complexity index is 1120. The number of nitrogens with two attached hydrogens (primary N) is 1. The van der Waals surface area contributed by atoms with Crippen molar-refractivity contribution in [2.45, 2.75) is 38.1 Å². The molecule has 2 aliphatic heterocycles. The SMILES string of the molecule is CCCO/N=C(/C(=O)NC1C(=O)N2C(C(=O)O)=C(COC(=O)CC(C)=O)CS[C@H]12)c1nsc(N)n1. The Kier molecular flexibility index (Phi) is 8.39. The Labute approximate surface area is 207 Å². The lowest BCUT2D eigenvalue weighted by Gasteiger charge is -2.49. The fourth-order valence-corrected chi connectivity index (χ4v) is 4.90. The molecule has 0 saturated carbocycles. The highest BCUT2D eigenvalue weighted by atomic mass is 32.2. The molecule has 1 aromatic heterocycles. The number of thioether (sulfide) groups is 1. The number of esters is 1. The van der Waals surface area contributed by atoms with Crippen molar-refractivity contribution in [1.29, 1.82) is 0 Å². The Morgan fingerprint density at radius 3 is 2.69 bits per heavy atom. The number of ether oxygens (including phenoxy) is 1. The number of aromatic nitrogens is 2. The van der Waals surface area contributed by atoms with Gasteiger partial charge in [0.2, 0.25) is 11.5 Å². The molecular weight excluding hydrogens is 504 g/mol. The summed E-state index contributed by atoms with van der Waals surface area (Å²) >= 11 is 2.04. The zero-order valence-electron chi connectivity index (χ0n) is 18.7. The van der Waals surface area contributed by atoms with E-state index in [1.165, 1.54) is 18.7 Å². The number of carboxylic acids is 1. The van der Waals surface area contributed by atoms with Crippen LogP contribution in [0.5, 0.6) is 0 Å². The number of nitrogen functional groups attached to an aromatic ring is 1. The molecule has 0 spiro atoms. The third-order valence-corrected chi connectivity index (χ3v) is 6.54. The maximum absolute atomic E-state index is 12.9. The minimum Gasteiger partial charge on any atom is -0.477 e. The van der Waals surface area contributed by atoms with Crippen molar-refractivity contribution < 1.29 is 38.7 Å². The van der Waals surface area contributed by atoms with E-state index < -0.39 is 47.4 Å². The van der Waals surface area contributed by atoms with Gasteiger partial charge in [-0.1, -0.05) is 12.1 Å². The van der Waals surface area contributed by atoms with Crippen LogP contribution >= 0.6 is 23.3 Å². The van der Waals surface area contributed by atoms with Crippen LogP contribution in [0.2, 0.25) is 0 Å². The number of oxime groups is 1. The minimum absolute atomic E-state index is 0.0678. The summed E-state index contributed by atoms with van der Waals surface area (Å²) in [7, 11) is 0. The number of anilines is 1. The molecule has 0 radical (unpaired) electrons. The fraction of sp³-hybridized carbons (Fsp3) is 0.474. The van der Waals surface area contributed by atoms with Crippen molar-refractivity contribution in [3.05, 3.63) is 17.1 Å². The summed E-state index contributed by atoms with van der Waals surface area (Å²) in [5, 5.41) is 15.4. The molecule has 0 bridgehead atoms. The molecule has 188 valence electrons. The Hall–Kier alpha value is -3.53. The summed E-state index contributed by atoms with van der Waals surface area (Å²) < 4.78 is 8.93. The van der Waals surface area contributed by atoms with E-state index in [9.17, 15) is 29.1 Å². The summed E-state index contributed by atoms with van der Waals surface area (Å²) in [6, 6.07) is -1.05. The number of rotatable bonds is 11. The van der Waals surface area contributed by atoms with Crippen LogP contribution in [0.15, 0.2) is 16.4 Å². The molecule has 14 nitrogen and oxygen atoms in total. The van der Waals surface area contributed by atoms with Gasteiger partial charge in [-0.15, -0.1) is 11.8 Å². The summed E-state index contributed by atoms with van der Waals surface area (Å²) in [4.78, 5) is 70.3. The molecule has 2 amide bonds. The van der Waals surface area contributed by atoms with E-state index in [1.54, 1.807) is 0 Å². The van der Waals surface area contributed by atoms with Gasteiger partial charge in [-0.2, -0.15) is 9.36 Å². The van der Waals surface area contributed by atoms with Gasteiger partial charge in [0.25, 0.3) is 11.8 Å². The first-order valence-corrected chi connectivity index (χ1v) is 12.1. The number of hydrogen-bond donors (Lipinski definition) is 3. The number of ketones is 1. The van der Waals surface area contributed by atoms with E-state index in [0.717, 1.165) is 16.4 Å². The third-order valence-electron chi connectivity index (χ3n) is 4.66. The maximum Gasteiger partial charge on any atom is 0.352 e. The zero-order chi connectivity index (χ0) is 25.7. The summed E-state index contributed by atoms with van der Waals surface area (Å²) in [5.74, 6) is -3.97. The standard InChI is InChI=1S/C19H22N6O8S2/c1-3-4-33-23-11(14-22-19(20)35-24-14)15(28)21-12-16(29)25-13(18(30)31)9(7-34-17(12)25)6-32-10(27)5-8(2)26/h12,17H,3-7H2,1-2H3,(H,21,28)(H,30,31)(H2,20,22,24)/b23-11+/t12?,17-/m1/s1. The number of hydrogen-bond acceptors (Lipinski definition) is 13. The van der Waals surface area contributed by atoms with Crippen LogP contribution < -0.4 is 11.1 Å². The van der Waals surface area contributed by atoms with Gasteiger partial charge < -0.3 is 25.7 Å². The lowest BCUT2D eigenvalue weighted by Crippen LogP contribution is -2.71. The van der Waals surface area contributed by atoms with Crippen molar-refractivity contribution in [3.8, 4) is 0 Å². The molecule has 1 aromatic rings. The highest BCUT2D eigenvalue weighted by Gasteiger charge is 2.54. The van der Waals surface area contributed by atoms with Crippen molar-refractivity contribution in [2.24, 2.45) is 5.16 Å². The smallest absolute Gasteiger partial charge is 0.352 e. The van der Waals surface area contributed by atoms with Crippen LogP contribution in [0.3, 0.4) is 0 Å². The zero-order valence-corrected chi connectivity index (χ0v) is 20.3. The van der Waals surface area contributed by atoms with E-state index >= 15 is 0 Å². The molecule has 2 aliphatic rings. The van der Waals surface area contributed by atoms with E-state index in [1.807, 2.05) is 6.92 Å². The number of nitrogens with one attached hydrogen (secondary N) is 1. The molecule has 4 N–H and O–H groups in total. The van der Waals surface area contributed by atoms with Crippen molar-refractivity contribution in [1.82, 2.24) is 19.6 Å². The molecule has 1 unspecified atom stereocenters. The highest BCUT2D eigenvalue weighted by Crippen LogP contribution is 2.40. The van der Waals surface area contributed by atoms with Gasteiger partial charge in [0.15, 0.2) is 5.13 Å². The largest absolute Gasteiger partial charge is 0.477 e. The molecular formula is C19H22N6O8S2. The van der Waals surface area contributed by atoms with Gasteiger partial charge >= 0.3 is 11.9 Å². The number of nitrogens with zero attached hydrogens (tertiary/aromatic N) is 4. The van der Waals surface area contributed by atoms with Crippen LogP contribution in [-0.2, 0) is 33.5 Å². The summed E-state index contributed by atoms with van der Waals surface area (Å²) in [5.41, 5.74) is 5.19. The predicted molar refractivity (Wildman–Crippen MR) is 123 cm³/mol. The quantitative estimate of drug-likeness (QED) is 0.0835. The van der Waals surface area contributed by atoms with Gasteiger partial charge in [0, 0.05) is 22.9 Å². The van der Waals surface area contributed by atoms with Crippen LogP contribution in [-0.4, -0.2) is 85.0 Å². The normalized spacial score (nSPS) is 19.5. The first kappa shape index (κ1) is 26.1. The Morgan fingerprint density at radius 1 is 1.34 bits per heavy atom. The van der Waals surface area contributed by atoms with Gasteiger partial charge in [-0.25, -0.2) is 4.79 Å². The van der Waals surface area contributed by atoms with Crippen LogP contribution in [0, 0.1) is 0 Å². The van der Waals surface area contributed by atoms with Gasteiger partial charge in [0.05, 0.1) is 0 Å². The minimum atomic E-state index is -1.39. The highest BCUT2D eigenvalue weighted by molar-refractivity contribution is 8.00. The maximum atomic E-state index is 12.9. The number of carbonyl (C=O) groups is 5. The number of amides is 2. The summed E-state index contributed by atoms with van der Waals surface area (Å²) in [6.45, 7) is 2.93. The Morgan fingerprint density at radius 2 is 2.09 bits per heavy atom. The monoisotopic (exact) mass is 526 g/mol. The first-order valence-electron chi connectivity index (χ1n) is 10.3. The molecule has 3 rings (SSSR count). The lowest BCUT2D eigenvalue weighted by atomic mass is 10.0. The number of carbonyl (C=O) groups excluding carboxylic acids is 4. The second kappa shape index (κ2) is 11.3. The first-order chi connectivity index (χ1) is 16.6. The molecule has 16 heteroatoms. The lowest BCUT2D eigenvalue weighted by molar-refractivity contribution is -0.150. The predicted octanol–water partition coefficient (Wildman–Crippen LogP) is -0.488. The fourth-order valence-electron chi connectivity index (χ4n) is 3.14. The molecule has 0 aromatic carbocycles. The topological polar surface area (TPSA) is 203 Å². The van der Waals surface area contributed by atoms with E-state index in [2.05, 4.69) is 19.8 Å². The van der Waals surface area contributed by atoms with Crippen LogP contribution in [0.25, 0.3) is 0 Å². The summed E-state index contributed by atoms with van der Waals surface area (Å²) in [6.07, 6.45) is 0.198. The second-order valence-corrected chi connectivity index (χ2v) is 9.28. The van der Waals surface area contributed by atoms with E-state index in [4.69, 9.17) is 15.3 Å². The van der Waals surface area contributed by atoms with Crippen molar-refractivity contribution in [3.63, 3.8) is 0 Å². The van der Waals surface area contributed by atoms with Crippen LogP contribution in [0.1, 0.15) is 32.5 Å². The number of fused-ring (bicyclic) bond motifs is 1. The molecule has 3 heterocycles. The van der Waals surface area contributed by atoms with E-state index in [0.29, 0.717) is 6.42 Å². The molecule has 1 saturated heterocycles. The number of β-lactam (4-membered cyclic amide) rings is 1. The average molecular weight is 527 g/mol. The Balaban J connectivity index is 1.74. The van der Waals surface area contributed by atoms with Crippen molar-refractivity contribution >= 4 is 63.7 Å². The van der Waals surface area contributed by atoms with Gasteiger partial charge in [-0.3, -0.25) is 24.1 Å². The van der Waals surface area contributed by atoms with Gasteiger partial charge in [0.1, 0.15) is 42.5 Å². The third kappa shape index (κ3) is 5.94. The van der Waals surface area contributed by atoms with Crippen molar-refractivity contribution in [2.75, 3.05) is 24.7 Å². The number of aliphatic carboxylic acids is 1. The van der Waals surface area contributed by atoms with Crippen LogP contribution in [0.4, 0.5) is 5.13 Å². The second-order valence-electron chi connectivity index (χ2n) is 7.39. The van der Waals surface area contributed by atoms with E-state index in [-0.39, 0.29) is 46.9 Å². The van der Waals surface area contributed by atoms with Gasteiger partial charge in [-0.05, 0) is 13.3 Å². The number of carboxylic acid groups (broad SMARTS) is 1. The number of Topliss-reactive ketones (excluding diaryl/α,β-unsaturated/α-hetero) is 1. The molecule has 2 atom stereocenters. The molecule has 35 heavy (non-hydrogen) atoms. The average Bonchev–Trinajstić information content (AvgIpc) is 3.23.